The quantitative estimate of drug-likeness (QED) is 0.601. The average molecular weight is 335 g/mol. The fraction of sp³-hybridized carbons (Fsp3) is 0.133. The molecule has 0 bridgehead atoms. The molecule has 2 N–H and O–H groups in total. The van der Waals surface area contributed by atoms with Gasteiger partial charge in [0.2, 0.25) is 0 Å². The lowest BCUT2D eigenvalue weighted by molar-refractivity contribution is -0.119. The van der Waals surface area contributed by atoms with Gasteiger partial charge in [-0.1, -0.05) is 12.1 Å². The highest BCUT2D eigenvalue weighted by Crippen LogP contribution is 2.16. The number of amides is 1. The number of hydrogen-bond donors (Lipinski definition) is 2. The fourth-order valence-corrected chi connectivity index (χ4v) is 2.27. The molecule has 0 aliphatic rings. The first-order valence-corrected chi connectivity index (χ1v) is 7.49. The zero-order chi connectivity index (χ0) is 16.7. The summed E-state index contributed by atoms with van der Waals surface area (Å²) in [6, 6.07) is 5.42. The van der Waals surface area contributed by atoms with Crippen molar-refractivity contribution in [1.29, 1.82) is 0 Å². The van der Waals surface area contributed by atoms with Gasteiger partial charge in [0.25, 0.3) is 5.91 Å². The van der Waals surface area contributed by atoms with Gasteiger partial charge in [-0.25, -0.2) is 14.2 Å². The number of rotatable bonds is 7. The Balaban J connectivity index is 1.82. The van der Waals surface area contributed by atoms with Crippen LogP contribution in [-0.2, 0) is 9.53 Å². The SMILES string of the molecule is C=CCNc1nc(C(=O)OCC(=O)Nc2cccc(F)c2)cs1. The maximum Gasteiger partial charge on any atom is 0.358 e. The highest BCUT2D eigenvalue weighted by Gasteiger charge is 2.14. The molecule has 1 aromatic heterocycles. The molecule has 6 nitrogen and oxygen atoms in total. The second-order valence-corrected chi connectivity index (χ2v) is 5.20. The van der Waals surface area contributed by atoms with E-state index in [0.717, 1.165) is 6.07 Å². The number of carbonyl (C=O) groups excluding carboxylic acids is 2. The van der Waals surface area contributed by atoms with Gasteiger partial charge in [-0.05, 0) is 18.2 Å². The molecule has 0 aliphatic heterocycles. The number of benzene rings is 1. The lowest BCUT2D eigenvalue weighted by atomic mass is 10.3. The van der Waals surface area contributed by atoms with Gasteiger partial charge in [0.15, 0.2) is 17.4 Å². The summed E-state index contributed by atoms with van der Waals surface area (Å²) in [7, 11) is 0. The van der Waals surface area contributed by atoms with Gasteiger partial charge in [-0.2, -0.15) is 0 Å². The van der Waals surface area contributed by atoms with Crippen LogP contribution in [0.1, 0.15) is 10.5 Å². The summed E-state index contributed by atoms with van der Waals surface area (Å²) in [6.45, 7) is 3.60. The zero-order valence-corrected chi connectivity index (χ0v) is 12.9. The smallest absolute Gasteiger partial charge is 0.358 e. The Labute approximate surface area is 136 Å². The predicted molar refractivity (Wildman–Crippen MR) is 86.1 cm³/mol. The first-order chi connectivity index (χ1) is 11.1. The van der Waals surface area contributed by atoms with Gasteiger partial charge in [-0.3, -0.25) is 4.79 Å². The molecule has 0 spiro atoms. The van der Waals surface area contributed by atoms with E-state index in [1.165, 1.54) is 34.9 Å². The van der Waals surface area contributed by atoms with E-state index in [4.69, 9.17) is 4.74 Å². The molecule has 0 aliphatic carbocycles. The minimum absolute atomic E-state index is 0.111. The van der Waals surface area contributed by atoms with Gasteiger partial charge in [0, 0.05) is 17.6 Å². The Morgan fingerprint density at radius 2 is 2.26 bits per heavy atom. The van der Waals surface area contributed by atoms with E-state index in [1.807, 2.05) is 0 Å². The number of nitrogens with one attached hydrogen (secondary N) is 2. The number of carbonyl (C=O) groups is 2. The molecule has 2 rings (SSSR count). The van der Waals surface area contributed by atoms with Crippen molar-refractivity contribution in [2.24, 2.45) is 0 Å². The van der Waals surface area contributed by atoms with E-state index in [1.54, 1.807) is 6.08 Å². The van der Waals surface area contributed by atoms with Gasteiger partial charge in [0.05, 0.1) is 0 Å². The third kappa shape index (κ3) is 5.19. The van der Waals surface area contributed by atoms with Crippen molar-refractivity contribution in [2.75, 3.05) is 23.8 Å². The Hall–Kier alpha value is -2.74. The van der Waals surface area contributed by atoms with Crippen molar-refractivity contribution in [3.8, 4) is 0 Å². The molecule has 0 radical (unpaired) electrons. The molecule has 0 unspecified atom stereocenters. The van der Waals surface area contributed by atoms with E-state index in [-0.39, 0.29) is 11.4 Å². The molecule has 120 valence electrons. The summed E-state index contributed by atoms with van der Waals surface area (Å²) in [5.74, 6) is -1.74. The van der Waals surface area contributed by atoms with E-state index < -0.39 is 24.3 Å². The minimum atomic E-state index is -0.706. The Morgan fingerprint density at radius 1 is 1.43 bits per heavy atom. The third-order valence-electron chi connectivity index (χ3n) is 2.55. The van der Waals surface area contributed by atoms with Crippen LogP contribution in [0.3, 0.4) is 0 Å². The summed E-state index contributed by atoms with van der Waals surface area (Å²) in [6.07, 6.45) is 1.66. The molecule has 23 heavy (non-hydrogen) atoms. The molecule has 0 atom stereocenters. The lowest BCUT2D eigenvalue weighted by Gasteiger charge is -2.05. The molecular weight excluding hydrogens is 321 g/mol. The van der Waals surface area contributed by atoms with E-state index in [2.05, 4.69) is 22.2 Å². The van der Waals surface area contributed by atoms with Crippen LogP contribution < -0.4 is 10.6 Å². The second-order valence-electron chi connectivity index (χ2n) is 4.34. The highest BCUT2D eigenvalue weighted by molar-refractivity contribution is 7.13. The fourth-order valence-electron chi connectivity index (χ4n) is 1.58. The topological polar surface area (TPSA) is 80.3 Å². The van der Waals surface area contributed by atoms with Crippen LogP contribution in [0.15, 0.2) is 42.3 Å². The molecular formula is C15H14FN3O3S. The van der Waals surface area contributed by atoms with Gasteiger partial charge < -0.3 is 15.4 Å². The van der Waals surface area contributed by atoms with Crippen LogP contribution in [0.25, 0.3) is 0 Å². The first kappa shape index (κ1) is 16.6. The normalized spacial score (nSPS) is 9.96. The number of ether oxygens (including phenoxy) is 1. The third-order valence-corrected chi connectivity index (χ3v) is 3.35. The summed E-state index contributed by atoms with van der Waals surface area (Å²) in [5, 5.41) is 7.45. The van der Waals surface area contributed by atoms with Crippen LogP contribution in [0.5, 0.6) is 0 Å². The molecule has 0 saturated heterocycles. The van der Waals surface area contributed by atoms with Crippen LogP contribution in [0.2, 0.25) is 0 Å². The summed E-state index contributed by atoms with van der Waals surface area (Å²) in [5.41, 5.74) is 0.399. The van der Waals surface area contributed by atoms with Gasteiger partial charge >= 0.3 is 5.97 Å². The van der Waals surface area contributed by atoms with Crippen molar-refractivity contribution in [3.05, 3.63) is 53.8 Å². The molecule has 1 heterocycles. The van der Waals surface area contributed by atoms with E-state index in [0.29, 0.717) is 11.7 Å². The van der Waals surface area contributed by atoms with Crippen LogP contribution >= 0.6 is 11.3 Å². The van der Waals surface area contributed by atoms with Crippen LogP contribution in [0, 0.1) is 5.82 Å². The number of aromatic nitrogens is 1. The second kappa shape index (κ2) is 8.04. The number of anilines is 2. The molecule has 2 aromatic rings. The first-order valence-electron chi connectivity index (χ1n) is 6.61. The molecule has 0 saturated carbocycles. The number of esters is 1. The zero-order valence-electron chi connectivity index (χ0n) is 12.0. The standard InChI is InChI=1S/C15H14FN3O3S/c1-2-6-17-15-19-12(9-23-15)14(21)22-8-13(20)18-11-5-3-4-10(16)7-11/h2-5,7,9H,1,6,8H2,(H,17,19)(H,18,20). The Kier molecular flexibility index (Phi) is 5.81. The number of thiazole rings is 1. The van der Waals surface area contributed by atoms with Crippen molar-refractivity contribution < 1.29 is 18.7 Å². The maximum absolute atomic E-state index is 13.0. The maximum atomic E-state index is 13.0. The van der Waals surface area contributed by atoms with Crippen LogP contribution in [-0.4, -0.2) is 30.0 Å². The van der Waals surface area contributed by atoms with Crippen molar-refractivity contribution in [3.63, 3.8) is 0 Å². The van der Waals surface area contributed by atoms with Gasteiger partial charge in [-0.15, -0.1) is 17.9 Å². The summed E-state index contributed by atoms with van der Waals surface area (Å²) < 4.78 is 17.8. The van der Waals surface area contributed by atoms with E-state index >= 15 is 0 Å². The van der Waals surface area contributed by atoms with Crippen LogP contribution in [0.4, 0.5) is 15.2 Å². The Morgan fingerprint density at radius 3 is 3.00 bits per heavy atom. The Bertz CT molecular complexity index is 717. The number of halogens is 1. The minimum Gasteiger partial charge on any atom is -0.451 e. The van der Waals surface area contributed by atoms with Crippen molar-refractivity contribution >= 4 is 34.0 Å². The number of hydrogen-bond acceptors (Lipinski definition) is 6. The highest BCUT2D eigenvalue weighted by atomic mass is 32.1. The molecule has 1 amide bonds. The predicted octanol–water partition coefficient (Wildman–Crippen LogP) is 2.68. The molecule has 1 aromatic carbocycles. The van der Waals surface area contributed by atoms with Gasteiger partial charge in [0.1, 0.15) is 5.82 Å². The van der Waals surface area contributed by atoms with Crippen molar-refractivity contribution in [2.45, 2.75) is 0 Å². The molecule has 8 heteroatoms. The largest absolute Gasteiger partial charge is 0.451 e. The monoisotopic (exact) mass is 335 g/mol. The average Bonchev–Trinajstić information content (AvgIpc) is 2.99. The lowest BCUT2D eigenvalue weighted by Crippen LogP contribution is -2.21. The summed E-state index contributed by atoms with van der Waals surface area (Å²) >= 11 is 1.24. The van der Waals surface area contributed by atoms with E-state index in [9.17, 15) is 14.0 Å². The molecule has 0 fully saturated rings. The number of nitrogens with zero attached hydrogens (tertiary/aromatic N) is 1. The summed E-state index contributed by atoms with van der Waals surface area (Å²) in [4.78, 5) is 27.5. The van der Waals surface area contributed by atoms with Crippen molar-refractivity contribution in [1.82, 2.24) is 4.98 Å².